The molecule has 24 heteroatoms. The van der Waals surface area contributed by atoms with Gasteiger partial charge in [0.15, 0.2) is 11.6 Å². The molecule has 0 bridgehead atoms. The summed E-state index contributed by atoms with van der Waals surface area (Å²) in [4.78, 5) is 63.9. The summed E-state index contributed by atoms with van der Waals surface area (Å²) < 4.78 is 110. The van der Waals surface area contributed by atoms with Crippen molar-refractivity contribution < 1.29 is 54.2 Å². The Bertz CT molecular complexity index is 3230. The maximum absolute atomic E-state index is 15.2. The Morgan fingerprint density at radius 1 is 0.849 bits per heavy atom. The first-order chi connectivity index (χ1) is 34.9. The fraction of sp³-hybridized carbons (Fsp3) is 0.388. The fourth-order valence-electron chi connectivity index (χ4n) is 10.2. The van der Waals surface area contributed by atoms with E-state index in [4.69, 9.17) is 4.74 Å². The molecule has 4 saturated heterocycles. The molecule has 73 heavy (non-hydrogen) atoms. The smallest absolute Gasteiger partial charge is 0.453 e. The molecule has 4 fully saturated rings. The molecule has 5 aliphatic rings. The van der Waals surface area contributed by atoms with Crippen LogP contribution in [0.2, 0.25) is 0 Å². The maximum atomic E-state index is 15.2. The van der Waals surface area contributed by atoms with Gasteiger partial charge >= 0.3 is 16.6 Å². The van der Waals surface area contributed by atoms with E-state index in [0.717, 1.165) is 67.7 Å². The van der Waals surface area contributed by atoms with E-state index in [1.54, 1.807) is 24.3 Å². The molecule has 18 nitrogen and oxygen atoms in total. The lowest BCUT2D eigenvalue weighted by atomic mass is 9.95. The summed E-state index contributed by atoms with van der Waals surface area (Å²) in [6, 6.07) is 17.4. The number of hydrogen-bond donors (Lipinski definition) is 2. The minimum Gasteiger partial charge on any atom is -0.453 e. The Kier molecular flexibility index (Phi) is 13.2. The first-order valence-electron chi connectivity index (χ1n) is 23.6. The number of benzene rings is 4. The molecule has 2 atom stereocenters. The molecule has 5 aliphatic heterocycles. The van der Waals surface area contributed by atoms with E-state index in [0.29, 0.717) is 41.5 Å². The normalized spacial score (nSPS) is 20.3. The number of piperazine rings is 1. The number of nitrogens with zero attached hydrogens (tertiary/aromatic N) is 8. The molecular formula is C49H47F5N10O8S. The van der Waals surface area contributed by atoms with Crippen LogP contribution in [0.4, 0.5) is 39.0 Å². The molecule has 10 rings (SSSR count). The number of carbonyl (C=O) groups excluding carboxylic acids is 3. The number of alkyl halides is 4. The van der Waals surface area contributed by atoms with Crippen molar-refractivity contribution in [2.75, 3.05) is 73.4 Å². The van der Waals surface area contributed by atoms with Gasteiger partial charge in [0, 0.05) is 89.3 Å². The number of anilines is 3. The Labute approximate surface area is 414 Å². The van der Waals surface area contributed by atoms with Crippen LogP contribution in [0.5, 0.6) is 17.2 Å². The molecule has 0 spiro atoms. The number of nitrogens with one attached hydrogen (secondary N) is 2. The van der Waals surface area contributed by atoms with Crippen LogP contribution in [0, 0.1) is 23.1 Å². The Balaban J connectivity index is 0.749. The number of carbonyl (C=O) groups is 3. The third-order valence-electron chi connectivity index (χ3n) is 14.0. The van der Waals surface area contributed by atoms with Gasteiger partial charge in [-0.1, -0.05) is 0 Å². The van der Waals surface area contributed by atoms with Gasteiger partial charge in [-0.05, 0) is 97.8 Å². The van der Waals surface area contributed by atoms with Gasteiger partial charge in [-0.3, -0.25) is 38.7 Å². The number of rotatable bonds is 12. The number of fused-ring (bicyclic) bond motifs is 2. The molecule has 0 radical (unpaired) electrons. The van der Waals surface area contributed by atoms with E-state index in [1.165, 1.54) is 40.1 Å². The molecule has 382 valence electrons. The van der Waals surface area contributed by atoms with E-state index in [9.17, 15) is 50.4 Å². The second-order valence-corrected chi connectivity index (χ2v) is 20.3. The van der Waals surface area contributed by atoms with Gasteiger partial charge in [-0.25, -0.2) is 13.8 Å². The van der Waals surface area contributed by atoms with Crippen LogP contribution < -0.4 is 34.9 Å². The van der Waals surface area contributed by atoms with Crippen molar-refractivity contribution >= 4 is 55.9 Å². The van der Waals surface area contributed by atoms with E-state index in [1.807, 2.05) is 17.0 Å². The van der Waals surface area contributed by atoms with Crippen LogP contribution in [0.3, 0.4) is 0 Å². The SMILES string of the molecule is N#Cc1c(NS(=O)(=O)N2CC[C@@H](F)C2)ccc(F)c1Oc1ccc2ncn(-c3ccc(N4CCN(CC5CCN(c6cc7c(c(OC(F)(F)F)c6)C(=O)N(C6CCC(=O)NC6=O)C7)CC5)CC4)cc3)c(=O)c2c1. The highest BCUT2D eigenvalue weighted by Gasteiger charge is 2.43. The van der Waals surface area contributed by atoms with E-state index >= 15 is 4.39 Å². The zero-order chi connectivity index (χ0) is 51.3. The zero-order valence-corrected chi connectivity index (χ0v) is 39.7. The van der Waals surface area contributed by atoms with Crippen molar-refractivity contribution in [1.82, 2.24) is 29.0 Å². The van der Waals surface area contributed by atoms with Crippen molar-refractivity contribution in [2.24, 2.45) is 5.92 Å². The lowest BCUT2D eigenvalue weighted by molar-refractivity contribution is -0.274. The van der Waals surface area contributed by atoms with Crippen LogP contribution in [-0.2, 0) is 26.3 Å². The van der Waals surface area contributed by atoms with Gasteiger partial charge in [0.2, 0.25) is 11.8 Å². The average molecular weight is 1030 g/mol. The van der Waals surface area contributed by atoms with Crippen LogP contribution in [0.1, 0.15) is 53.6 Å². The van der Waals surface area contributed by atoms with Gasteiger partial charge in [-0.2, -0.15) is 18.0 Å². The third-order valence-corrected chi connectivity index (χ3v) is 15.5. The molecule has 6 heterocycles. The summed E-state index contributed by atoms with van der Waals surface area (Å²) in [5.41, 5.74) is 1.21. The molecular weight excluding hydrogens is 984 g/mol. The topological polar surface area (TPSA) is 203 Å². The van der Waals surface area contributed by atoms with Crippen LogP contribution in [0.15, 0.2) is 77.9 Å². The second kappa shape index (κ2) is 19.6. The zero-order valence-electron chi connectivity index (χ0n) is 38.9. The van der Waals surface area contributed by atoms with E-state index < -0.39 is 74.9 Å². The van der Waals surface area contributed by atoms with Crippen molar-refractivity contribution in [3.8, 4) is 29.0 Å². The summed E-state index contributed by atoms with van der Waals surface area (Å²) in [7, 11) is -4.27. The Morgan fingerprint density at radius 2 is 1.58 bits per heavy atom. The summed E-state index contributed by atoms with van der Waals surface area (Å²) in [6.45, 7) is 4.56. The fourth-order valence-corrected chi connectivity index (χ4v) is 11.5. The van der Waals surface area contributed by atoms with Crippen molar-refractivity contribution in [2.45, 2.75) is 57.2 Å². The number of nitriles is 1. The van der Waals surface area contributed by atoms with Gasteiger partial charge in [-0.15, -0.1) is 13.2 Å². The molecule has 1 unspecified atom stereocenters. The lowest BCUT2D eigenvalue weighted by Crippen LogP contribution is -2.52. The number of amides is 3. The van der Waals surface area contributed by atoms with Crippen LogP contribution in [-0.4, -0.2) is 127 Å². The quantitative estimate of drug-likeness (QED) is 0.116. The van der Waals surface area contributed by atoms with Gasteiger partial charge in [0.25, 0.3) is 11.5 Å². The molecule has 2 N–H and O–H groups in total. The molecule has 0 saturated carbocycles. The first-order valence-corrected chi connectivity index (χ1v) is 25.1. The highest BCUT2D eigenvalue weighted by molar-refractivity contribution is 7.90. The molecule has 0 aliphatic carbocycles. The van der Waals surface area contributed by atoms with Crippen LogP contribution >= 0.6 is 0 Å². The lowest BCUT2D eigenvalue weighted by Gasteiger charge is -2.40. The minimum absolute atomic E-state index is 0.0106. The summed E-state index contributed by atoms with van der Waals surface area (Å²) in [5, 5.41) is 12.3. The maximum Gasteiger partial charge on any atom is 0.573 e. The van der Waals surface area contributed by atoms with Gasteiger partial charge in [0.1, 0.15) is 41.7 Å². The summed E-state index contributed by atoms with van der Waals surface area (Å²) in [5.74, 6) is -3.72. The third kappa shape index (κ3) is 10.2. The molecule has 1 aromatic heterocycles. The average Bonchev–Trinajstić information content (AvgIpc) is 3.96. The van der Waals surface area contributed by atoms with Gasteiger partial charge < -0.3 is 24.2 Å². The number of aromatic nitrogens is 2. The number of ether oxygens (including phenoxy) is 2. The van der Waals surface area contributed by atoms with E-state index in [-0.39, 0.29) is 61.3 Å². The molecule has 4 aromatic carbocycles. The Morgan fingerprint density at radius 3 is 2.26 bits per heavy atom. The largest absolute Gasteiger partial charge is 0.573 e. The van der Waals surface area contributed by atoms with Crippen molar-refractivity contribution in [3.05, 3.63) is 106 Å². The Hall–Kier alpha value is -7.36. The predicted molar refractivity (Wildman–Crippen MR) is 255 cm³/mol. The minimum atomic E-state index is -5.05. The van der Waals surface area contributed by atoms with Crippen LogP contribution in [0.25, 0.3) is 16.6 Å². The standard InChI is InChI=1S/C49H47F5N10O8S/c50-31-13-16-62(27-31)73(69,70)58-40-8-6-38(51)45(37(40)24-55)71-35-5-7-39-36(23-35)47(67)64(28-56-39)33-3-1-32(2-4-33)61-19-17-59(18-20-61)25-29-11-14-60(15-12-29)34-21-30-26-63(41-9-10-43(65)57-46(41)66)48(68)44(30)42(22-34)72-49(52,53)54/h1-8,21-23,28-29,31,41,58H,9-20,25-27H2,(H,57,65,66)/t31-,41?/m1/s1. The number of hydrogen-bond acceptors (Lipinski definition) is 13. The van der Waals surface area contributed by atoms with E-state index in [2.05, 4.69) is 29.6 Å². The first kappa shape index (κ1) is 49.2. The highest BCUT2D eigenvalue weighted by Crippen LogP contribution is 2.41. The van der Waals surface area contributed by atoms with Gasteiger partial charge in [0.05, 0.1) is 27.8 Å². The number of piperidine rings is 2. The van der Waals surface area contributed by atoms with Crippen molar-refractivity contribution in [1.29, 1.82) is 5.26 Å². The highest BCUT2D eigenvalue weighted by atomic mass is 32.2. The number of imide groups is 1. The summed E-state index contributed by atoms with van der Waals surface area (Å²) >= 11 is 0. The summed E-state index contributed by atoms with van der Waals surface area (Å²) in [6.07, 6.45) is -3.31. The second-order valence-electron chi connectivity index (χ2n) is 18.6. The molecule has 3 amide bonds. The molecule has 5 aromatic rings. The van der Waals surface area contributed by atoms with Crippen molar-refractivity contribution in [3.63, 3.8) is 0 Å². The number of halogens is 5. The monoisotopic (exact) mass is 1030 g/mol. The predicted octanol–water partition coefficient (Wildman–Crippen LogP) is 5.59.